The minimum Gasteiger partial charge on any atom is -0.462 e. The van der Waals surface area contributed by atoms with Crippen molar-refractivity contribution < 1.29 is 19.1 Å². The first-order valence-corrected chi connectivity index (χ1v) is 9.86. The van der Waals surface area contributed by atoms with Gasteiger partial charge in [-0.05, 0) is 62.6 Å². The molecule has 0 aliphatic carbocycles. The number of benzene rings is 1. The van der Waals surface area contributed by atoms with Crippen LogP contribution in [0.2, 0.25) is 0 Å². The van der Waals surface area contributed by atoms with E-state index in [1.165, 1.54) is 0 Å². The third kappa shape index (κ3) is 4.17. The Kier molecular flexibility index (Phi) is 5.69. The molecule has 0 unspecified atom stereocenters. The lowest BCUT2D eigenvalue weighted by atomic mass is 10.0. The maximum absolute atomic E-state index is 12.4. The highest BCUT2D eigenvalue weighted by molar-refractivity contribution is 7.18. The summed E-state index contributed by atoms with van der Waals surface area (Å²) >= 11 is 1.16. The molecule has 0 spiro atoms. The van der Waals surface area contributed by atoms with Crippen LogP contribution in [-0.2, 0) is 14.3 Å². The summed E-state index contributed by atoms with van der Waals surface area (Å²) in [5.74, 6) is -0.960. The van der Waals surface area contributed by atoms with Crippen molar-refractivity contribution >= 4 is 45.5 Å². The van der Waals surface area contributed by atoms with Crippen LogP contribution in [0.5, 0.6) is 0 Å². The summed E-state index contributed by atoms with van der Waals surface area (Å²) in [7, 11) is 0. The Morgan fingerprint density at radius 2 is 1.79 bits per heavy atom. The summed E-state index contributed by atoms with van der Waals surface area (Å²) in [6, 6.07) is 4.94. The lowest BCUT2D eigenvalue weighted by Crippen LogP contribution is -2.41. The first-order valence-electron chi connectivity index (χ1n) is 9.04. The van der Waals surface area contributed by atoms with Gasteiger partial charge in [0.25, 0.3) is 0 Å². The predicted octanol–water partition coefficient (Wildman–Crippen LogP) is 3.61. The maximum Gasteiger partial charge on any atom is 0.348 e. The molecule has 2 heterocycles. The number of rotatable bonds is 5. The molecule has 8 heteroatoms. The summed E-state index contributed by atoms with van der Waals surface area (Å²) in [5.41, 5.74) is 4.45. The molecule has 0 radical (unpaired) electrons. The first-order chi connectivity index (χ1) is 13.3. The molecule has 1 atom stereocenters. The van der Waals surface area contributed by atoms with Gasteiger partial charge >= 0.3 is 5.97 Å². The highest BCUT2D eigenvalue weighted by Gasteiger charge is 2.28. The lowest BCUT2D eigenvalue weighted by Gasteiger charge is -2.27. The van der Waals surface area contributed by atoms with Crippen LogP contribution in [0.15, 0.2) is 18.2 Å². The van der Waals surface area contributed by atoms with Gasteiger partial charge in [0.1, 0.15) is 10.9 Å². The fourth-order valence-corrected chi connectivity index (χ4v) is 3.96. The molecule has 1 aromatic heterocycles. The number of carbonyl (C=O) groups is 3. The van der Waals surface area contributed by atoms with E-state index >= 15 is 0 Å². The number of fused-ring (bicyclic) bond motifs is 1. The van der Waals surface area contributed by atoms with Crippen molar-refractivity contribution in [1.82, 2.24) is 0 Å². The average molecular weight is 401 g/mol. The van der Waals surface area contributed by atoms with Gasteiger partial charge in [0.2, 0.25) is 11.8 Å². The second kappa shape index (κ2) is 8.02. The van der Waals surface area contributed by atoms with Crippen LogP contribution in [-0.4, -0.2) is 30.4 Å². The molecule has 28 heavy (non-hydrogen) atoms. The number of ether oxygens (including phenoxy) is 1. The zero-order valence-corrected chi connectivity index (χ0v) is 17.1. The third-order valence-electron chi connectivity index (χ3n) is 4.57. The van der Waals surface area contributed by atoms with Crippen molar-refractivity contribution in [1.29, 1.82) is 0 Å². The van der Waals surface area contributed by atoms with Gasteiger partial charge in [0.05, 0.1) is 29.4 Å². The molecule has 7 nitrogen and oxygen atoms in total. The number of anilines is 3. The number of thiophene rings is 1. The molecule has 0 saturated carbocycles. The van der Waals surface area contributed by atoms with Crippen molar-refractivity contribution in [2.75, 3.05) is 22.6 Å². The van der Waals surface area contributed by atoms with Crippen LogP contribution in [0.25, 0.3) is 0 Å². The molecular formula is C20H23N3O4S. The van der Waals surface area contributed by atoms with E-state index in [4.69, 9.17) is 4.74 Å². The summed E-state index contributed by atoms with van der Waals surface area (Å²) in [4.78, 5) is 37.2. The van der Waals surface area contributed by atoms with Crippen molar-refractivity contribution in [2.24, 2.45) is 0 Å². The number of amides is 2. The van der Waals surface area contributed by atoms with E-state index in [1.807, 2.05) is 26.0 Å². The Bertz CT molecular complexity index is 951. The quantitative estimate of drug-likeness (QED) is 0.665. The van der Waals surface area contributed by atoms with Crippen molar-refractivity contribution in [3.05, 3.63) is 39.8 Å². The number of esters is 1. The predicted molar refractivity (Wildman–Crippen MR) is 110 cm³/mol. The van der Waals surface area contributed by atoms with Crippen LogP contribution in [0.1, 0.15) is 39.7 Å². The normalized spacial score (nSPS) is 15.3. The monoisotopic (exact) mass is 401 g/mol. The Morgan fingerprint density at radius 3 is 2.46 bits per heavy atom. The fourth-order valence-electron chi connectivity index (χ4n) is 2.97. The van der Waals surface area contributed by atoms with Crippen molar-refractivity contribution in [3.63, 3.8) is 0 Å². The number of nitrogens with one attached hydrogen (secondary N) is 3. The molecule has 0 fully saturated rings. The topological polar surface area (TPSA) is 96.5 Å². The van der Waals surface area contributed by atoms with Gasteiger partial charge in [-0.2, -0.15) is 0 Å². The summed E-state index contributed by atoms with van der Waals surface area (Å²) in [6.07, 6.45) is -0.0239. The van der Waals surface area contributed by atoms with Crippen molar-refractivity contribution in [2.45, 2.75) is 40.2 Å². The molecule has 2 amide bonds. The molecule has 3 N–H and O–H groups in total. The number of carbonyl (C=O) groups excluding carboxylic acids is 3. The minimum absolute atomic E-state index is 0.0239. The molecule has 2 aromatic rings. The third-order valence-corrected chi connectivity index (χ3v) is 5.70. The number of aryl methyl sites for hydroxylation is 3. The van der Waals surface area contributed by atoms with Gasteiger partial charge in [-0.1, -0.05) is 0 Å². The van der Waals surface area contributed by atoms with E-state index in [0.717, 1.165) is 39.4 Å². The zero-order chi connectivity index (χ0) is 20.4. The lowest BCUT2D eigenvalue weighted by molar-refractivity contribution is -0.122. The van der Waals surface area contributed by atoms with Gasteiger partial charge in [-0.25, -0.2) is 4.79 Å². The van der Waals surface area contributed by atoms with Gasteiger partial charge in [-0.3, -0.25) is 9.59 Å². The van der Waals surface area contributed by atoms with Crippen LogP contribution < -0.4 is 16.0 Å². The molecule has 0 saturated heterocycles. The second-order valence-corrected chi connectivity index (χ2v) is 7.82. The maximum atomic E-state index is 12.4. The fraction of sp³-hybridized carbons (Fsp3) is 0.350. The summed E-state index contributed by atoms with van der Waals surface area (Å²) < 4.78 is 5.01. The van der Waals surface area contributed by atoms with Crippen molar-refractivity contribution in [3.8, 4) is 0 Å². The second-order valence-electron chi connectivity index (χ2n) is 6.76. The number of hydrogen-bond acceptors (Lipinski definition) is 6. The standard InChI is InChI=1S/C20H23N3O4S/c1-5-27-20(26)18-12(4)8-17(28-18)23-16(24)9-15-19(25)22-14-7-11(3)10(2)6-13(14)21-15/h6-8,15,21H,5,9H2,1-4H3,(H,22,25)(H,23,24)/t15-/m1/s1. The van der Waals surface area contributed by atoms with Gasteiger partial charge < -0.3 is 20.7 Å². The molecule has 3 rings (SSSR count). The Hall–Kier alpha value is -2.87. The molecule has 1 aliphatic heterocycles. The first kappa shape index (κ1) is 19.9. The summed E-state index contributed by atoms with van der Waals surface area (Å²) in [6.45, 7) is 7.80. The van der Waals surface area contributed by atoms with Gasteiger partial charge in [0, 0.05) is 0 Å². The van der Waals surface area contributed by atoms with E-state index in [2.05, 4.69) is 16.0 Å². The Labute approximate surface area is 167 Å². The molecule has 1 aromatic carbocycles. The van der Waals surface area contributed by atoms with Gasteiger partial charge in [0.15, 0.2) is 0 Å². The van der Waals surface area contributed by atoms with E-state index in [9.17, 15) is 14.4 Å². The van der Waals surface area contributed by atoms with Crippen LogP contribution in [0.4, 0.5) is 16.4 Å². The minimum atomic E-state index is -0.666. The van der Waals surface area contributed by atoms with E-state index in [0.29, 0.717) is 16.5 Å². The van der Waals surface area contributed by atoms with Crippen LogP contribution >= 0.6 is 11.3 Å². The summed E-state index contributed by atoms with van der Waals surface area (Å²) in [5, 5.41) is 9.30. The van der Waals surface area contributed by atoms with E-state index in [1.54, 1.807) is 19.9 Å². The Morgan fingerprint density at radius 1 is 1.11 bits per heavy atom. The average Bonchev–Trinajstić information content (AvgIpc) is 2.98. The molecule has 1 aliphatic rings. The SMILES string of the molecule is CCOC(=O)c1sc(NC(=O)C[C@H]2Nc3cc(C)c(C)cc3NC2=O)cc1C. The molecule has 148 valence electrons. The van der Waals surface area contributed by atoms with Gasteiger partial charge in [-0.15, -0.1) is 11.3 Å². The van der Waals surface area contributed by atoms with E-state index < -0.39 is 12.0 Å². The largest absolute Gasteiger partial charge is 0.462 e. The zero-order valence-electron chi connectivity index (χ0n) is 16.3. The molecular weight excluding hydrogens is 378 g/mol. The highest BCUT2D eigenvalue weighted by atomic mass is 32.1. The molecule has 0 bridgehead atoms. The van der Waals surface area contributed by atoms with Crippen LogP contribution in [0, 0.1) is 20.8 Å². The smallest absolute Gasteiger partial charge is 0.348 e. The Balaban J connectivity index is 1.67. The van der Waals surface area contributed by atoms with E-state index in [-0.39, 0.29) is 18.2 Å². The van der Waals surface area contributed by atoms with Crippen LogP contribution in [0.3, 0.4) is 0 Å². The number of hydrogen-bond donors (Lipinski definition) is 3. The highest BCUT2D eigenvalue weighted by Crippen LogP contribution is 2.31.